The van der Waals surface area contributed by atoms with Gasteiger partial charge < -0.3 is 14.5 Å². The van der Waals surface area contributed by atoms with Gasteiger partial charge in [0.25, 0.3) is 5.91 Å². The van der Waals surface area contributed by atoms with E-state index in [-0.39, 0.29) is 30.0 Å². The van der Waals surface area contributed by atoms with Crippen molar-refractivity contribution in [1.29, 1.82) is 0 Å². The summed E-state index contributed by atoms with van der Waals surface area (Å²) in [4.78, 5) is 17.4. The van der Waals surface area contributed by atoms with Gasteiger partial charge in [-0.1, -0.05) is 36.4 Å². The summed E-state index contributed by atoms with van der Waals surface area (Å²) in [7, 11) is -0.158. The van der Waals surface area contributed by atoms with E-state index < -0.39 is 10.0 Å². The van der Waals surface area contributed by atoms with Gasteiger partial charge in [-0.25, -0.2) is 13.1 Å². The van der Waals surface area contributed by atoms with E-state index in [1.165, 1.54) is 19.2 Å². The van der Waals surface area contributed by atoms with Gasteiger partial charge in [-0.3, -0.25) is 4.79 Å². The molecule has 1 aliphatic heterocycles. The van der Waals surface area contributed by atoms with E-state index in [0.29, 0.717) is 12.1 Å². The summed E-state index contributed by atoms with van der Waals surface area (Å²) in [6.45, 7) is 2.53. The van der Waals surface area contributed by atoms with Gasteiger partial charge in [0.05, 0.1) is 17.5 Å². The van der Waals surface area contributed by atoms with Crippen LogP contribution in [0.15, 0.2) is 59.5 Å². The highest BCUT2D eigenvalue weighted by Crippen LogP contribution is 2.27. The monoisotopic (exact) mass is 417 g/mol. The molecule has 2 aromatic rings. The minimum Gasteiger partial charge on any atom is -0.383 e. The van der Waals surface area contributed by atoms with Gasteiger partial charge in [0.15, 0.2) is 0 Å². The molecule has 156 valence electrons. The van der Waals surface area contributed by atoms with Crippen LogP contribution in [0, 0.1) is 0 Å². The van der Waals surface area contributed by atoms with Gasteiger partial charge >= 0.3 is 0 Å². The van der Waals surface area contributed by atoms with E-state index in [9.17, 15) is 13.2 Å². The van der Waals surface area contributed by atoms with E-state index in [1.54, 1.807) is 12.1 Å². The van der Waals surface area contributed by atoms with Crippen LogP contribution >= 0.6 is 0 Å². The number of ether oxygens (including phenoxy) is 1. The molecule has 1 aliphatic rings. The Morgan fingerprint density at radius 3 is 2.62 bits per heavy atom. The molecular formula is C21H27N3O4S. The number of carbonyl (C=O) groups is 1. The number of benzene rings is 2. The Balaban J connectivity index is 1.85. The number of nitrogens with zero attached hydrogens (tertiary/aromatic N) is 2. The van der Waals surface area contributed by atoms with Crippen LogP contribution in [-0.4, -0.2) is 71.1 Å². The highest BCUT2D eigenvalue weighted by Gasteiger charge is 2.31. The number of hydrogen-bond acceptors (Lipinski definition) is 5. The summed E-state index contributed by atoms with van der Waals surface area (Å²) >= 11 is 0. The Morgan fingerprint density at radius 1 is 1.14 bits per heavy atom. The lowest BCUT2D eigenvalue weighted by Gasteiger charge is -2.40. The second-order valence-electron chi connectivity index (χ2n) is 7.11. The van der Waals surface area contributed by atoms with Crippen LogP contribution in [0.2, 0.25) is 0 Å². The van der Waals surface area contributed by atoms with Crippen molar-refractivity contribution in [3.8, 4) is 0 Å². The lowest BCUT2D eigenvalue weighted by molar-refractivity contribution is 0.0498. The van der Waals surface area contributed by atoms with Gasteiger partial charge in [-0.05, 0) is 30.8 Å². The van der Waals surface area contributed by atoms with E-state index in [4.69, 9.17) is 4.74 Å². The molecule has 1 amide bonds. The predicted octanol–water partition coefficient (Wildman–Crippen LogP) is 1.74. The number of rotatable bonds is 7. The summed E-state index contributed by atoms with van der Waals surface area (Å²) in [5.74, 6) is -0.166. The average Bonchev–Trinajstić information content (AvgIpc) is 2.74. The quantitative estimate of drug-likeness (QED) is 0.695. The number of amides is 1. The third-order valence-corrected chi connectivity index (χ3v) is 6.48. The van der Waals surface area contributed by atoms with Crippen molar-refractivity contribution in [1.82, 2.24) is 14.5 Å². The molecule has 0 radical (unpaired) electrons. The topological polar surface area (TPSA) is 78.9 Å². The van der Waals surface area contributed by atoms with Crippen LogP contribution in [0.1, 0.15) is 22.0 Å². The van der Waals surface area contributed by atoms with Gasteiger partial charge in [0, 0.05) is 38.9 Å². The molecule has 1 N–H and O–H groups in total. The molecule has 1 saturated heterocycles. The van der Waals surface area contributed by atoms with Gasteiger partial charge in [0.1, 0.15) is 0 Å². The minimum absolute atomic E-state index is 0.0739. The van der Waals surface area contributed by atoms with Crippen molar-refractivity contribution < 1.29 is 17.9 Å². The first-order valence-corrected chi connectivity index (χ1v) is 11.0. The number of nitrogens with one attached hydrogen (secondary N) is 1. The molecular weight excluding hydrogens is 390 g/mol. The zero-order chi connectivity index (χ0) is 20.9. The van der Waals surface area contributed by atoms with Crippen molar-refractivity contribution in [3.05, 3.63) is 65.7 Å². The van der Waals surface area contributed by atoms with Crippen LogP contribution in [0.3, 0.4) is 0 Å². The zero-order valence-corrected chi connectivity index (χ0v) is 17.6. The third-order valence-electron chi connectivity index (χ3n) is 5.02. The summed E-state index contributed by atoms with van der Waals surface area (Å²) in [5.41, 5.74) is 1.43. The summed E-state index contributed by atoms with van der Waals surface area (Å²) in [6.07, 6.45) is 0. The summed E-state index contributed by atoms with van der Waals surface area (Å²) in [6, 6.07) is 16.0. The van der Waals surface area contributed by atoms with Crippen molar-refractivity contribution in [2.24, 2.45) is 0 Å². The number of carbonyl (C=O) groups excluding carboxylic acids is 1. The van der Waals surface area contributed by atoms with Gasteiger partial charge in [-0.15, -0.1) is 0 Å². The predicted molar refractivity (Wildman–Crippen MR) is 111 cm³/mol. The van der Waals surface area contributed by atoms with Crippen LogP contribution in [-0.2, 0) is 14.8 Å². The fourth-order valence-electron chi connectivity index (χ4n) is 3.45. The molecule has 3 rings (SSSR count). The summed E-state index contributed by atoms with van der Waals surface area (Å²) in [5, 5.41) is 0. The second kappa shape index (κ2) is 9.49. The van der Waals surface area contributed by atoms with E-state index in [2.05, 4.69) is 9.62 Å². The Hall–Kier alpha value is -2.26. The van der Waals surface area contributed by atoms with Crippen LogP contribution in [0.5, 0.6) is 0 Å². The van der Waals surface area contributed by atoms with E-state index in [0.717, 1.165) is 18.7 Å². The first kappa shape index (κ1) is 21.4. The third kappa shape index (κ3) is 5.22. The van der Waals surface area contributed by atoms with Gasteiger partial charge in [0.2, 0.25) is 10.0 Å². The molecule has 1 heterocycles. The number of sulfonamides is 1. The van der Waals surface area contributed by atoms with Crippen LogP contribution in [0.4, 0.5) is 0 Å². The standard InChI is InChI=1S/C21H27N3O4S/c1-23-12-13-24(20(16-23)17-7-4-3-5-8-17)21(25)18-9-6-10-19(15-18)29(26,27)22-11-14-28-2/h3-10,15,20,22H,11-14,16H2,1-2H3/t20-/m0/s1. The SMILES string of the molecule is COCCNS(=O)(=O)c1cccc(C(=O)N2CCN(C)C[C@H]2c2ccccc2)c1. The second-order valence-corrected chi connectivity index (χ2v) is 8.87. The van der Waals surface area contributed by atoms with E-state index in [1.807, 2.05) is 42.3 Å². The maximum absolute atomic E-state index is 13.3. The molecule has 7 nitrogen and oxygen atoms in total. The highest BCUT2D eigenvalue weighted by atomic mass is 32.2. The fourth-order valence-corrected chi connectivity index (χ4v) is 4.51. The Labute approximate surface area is 172 Å². The maximum atomic E-state index is 13.3. The smallest absolute Gasteiger partial charge is 0.254 e. The molecule has 2 aromatic carbocycles. The van der Waals surface area contributed by atoms with Gasteiger partial charge in [-0.2, -0.15) is 0 Å². The molecule has 1 fully saturated rings. The molecule has 0 saturated carbocycles. The number of hydrogen-bond donors (Lipinski definition) is 1. The summed E-state index contributed by atoms with van der Waals surface area (Å²) < 4.78 is 32.3. The van der Waals surface area contributed by atoms with Crippen molar-refractivity contribution in [2.75, 3.05) is 46.9 Å². The number of methoxy groups -OCH3 is 1. The lowest BCUT2D eigenvalue weighted by Crippen LogP contribution is -2.49. The Bertz CT molecular complexity index is 934. The normalized spacial score (nSPS) is 18.0. The number of piperazine rings is 1. The number of likely N-dealkylation sites (N-methyl/N-ethyl adjacent to an activating group) is 1. The van der Waals surface area contributed by atoms with E-state index >= 15 is 0 Å². The fraction of sp³-hybridized carbons (Fsp3) is 0.381. The molecule has 0 aromatic heterocycles. The van der Waals surface area contributed by atoms with Crippen molar-refractivity contribution in [2.45, 2.75) is 10.9 Å². The first-order chi connectivity index (χ1) is 13.9. The molecule has 29 heavy (non-hydrogen) atoms. The maximum Gasteiger partial charge on any atom is 0.254 e. The molecule has 0 bridgehead atoms. The molecule has 0 spiro atoms. The lowest BCUT2D eigenvalue weighted by atomic mass is 10.0. The molecule has 0 aliphatic carbocycles. The Morgan fingerprint density at radius 2 is 1.90 bits per heavy atom. The van der Waals surface area contributed by atoms with Crippen LogP contribution < -0.4 is 4.72 Å². The van der Waals surface area contributed by atoms with Crippen molar-refractivity contribution in [3.63, 3.8) is 0 Å². The largest absolute Gasteiger partial charge is 0.383 e. The van der Waals surface area contributed by atoms with Crippen molar-refractivity contribution >= 4 is 15.9 Å². The highest BCUT2D eigenvalue weighted by molar-refractivity contribution is 7.89. The zero-order valence-electron chi connectivity index (χ0n) is 16.7. The average molecular weight is 418 g/mol. The first-order valence-electron chi connectivity index (χ1n) is 9.55. The molecule has 0 unspecified atom stereocenters. The molecule has 8 heteroatoms. The van der Waals surface area contributed by atoms with Crippen LogP contribution in [0.25, 0.3) is 0 Å². The Kier molecular flexibility index (Phi) is 7.02. The minimum atomic E-state index is -3.70. The molecule has 1 atom stereocenters.